The van der Waals surface area contributed by atoms with Crippen molar-refractivity contribution in [2.24, 2.45) is 0 Å². The zero-order valence-electron chi connectivity index (χ0n) is 12.3. The van der Waals surface area contributed by atoms with Crippen LogP contribution in [-0.2, 0) is 4.79 Å². The monoisotopic (exact) mass is 314 g/mol. The van der Waals surface area contributed by atoms with Crippen LogP contribution < -0.4 is 20.9 Å². The molecule has 0 bridgehead atoms. The summed E-state index contributed by atoms with van der Waals surface area (Å²) in [5.41, 5.74) is 6.72. The Morgan fingerprint density at radius 2 is 1.70 bits per heavy atom. The van der Waals surface area contributed by atoms with E-state index in [2.05, 4.69) is 10.9 Å². The minimum atomic E-state index is -0.337. The Balaban J connectivity index is 0.00000156. The number of halogens is 1. The number of benzene rings is 2. The second-order valence-electron chi connectivity index (χ2n) is 5.17. The number of nitrogens with one attached hydrogen (secondary N) is 2. The highest BCUT2D eigenvalue weighted by Gasteiger charge is 2.39. The zero-order chi connectivity index (χ0) is 15.3. The molecule has 0 saturated carbocycles. The van der Waals surface area contributed by atoms with E-state index in [1.54, 1.807) is 17.1 Å². The van der Waals surface area contributed by atoms with Crippen molar-refractivity contribution in [2.75, 3.05) is 15.3 Å². The van der Waals surface area contributed by atoms with Gasteiger partial charge in [0.2, 0.25) is 0 Å². The SMILES string of the molecule is CC1=C2C(=O)N(c3ccc(F)cc3)NN2c2ccccc2N1.O. The smallest absolute Gasteiger partial charge is 0.294 e. The first-order chi connectivity index (χ1) is 10.6. The molecule has 23 heavy (non-hydrogen) atoms. The molecule has 2 aromatic carbocycles. The molecule has 1 fully saturated rings. The van der Waals surface area contributed by atoms with Gasteiger partial charge in [0.05, 0.1) is 17.1 Å². The van der Waals surface area contributed by atoms with E-state index in [4.69, 9.17) is 0 Å². The summed E-state index contributed by atoms with van der Waals surface area (Å²) in [6, 6.07) is 13.5. The summed E-state index contributed by atoms with van der Waals surface area (Å²) >= 11 is 0. The molecule has 6 nitrogen and oxygen atoms in total. The summed E-state index contributed by atoms with van der Waals surface area (Å²) in [4.78, 5) is 12.7. The summed E-state index contributed by atoms with van der Waals surface area (Å²) in [5, 5.41) is 6.38. The molecule has 0 radical (unpaired) electrons. The second kappa shape index (κ2) is 5.38. The molecule has 118 valence electrons. The van der Waals surface area contributed by atoms with E-state index < -0.39 is 0 Å². The molecular weight excluding hydrogens is 299 g/mol. The van der Waals surface area contributed by atoms with Crippen molar-refractivity contribution in [1.82, 2.24) is 5.53 Å². The standard InChI is InChI=1S/C16H13FN4O.H2O/c1-10-15-16(22)20(12-8-6-11(17)7-9-12)19-21(15)14-5-3-2-4-13(14)18-10;/h2-9,18-19H,1H3;1H2. The summed E-state index contributed by atoms with van der Waals surface area (Å²) in [6.07, 6.45) is 0. The van der Waals surface area contributed by atoms with Crippen LogP contribution in [0, 0.1) is 5.82 Å². The van der Waals surface area contributed by atoms with Gasteiger partial charge in [-0.2, -0.15) is 0 Å². The van der Waals surface area contributed by atoms with Gasteiger partial charge >= 0.3 is 0 Å². The second-order valence-corrected chi connectivity index (χ2v) is 5.17. The van der Waals surface area contributed by atoms with E-state index in [1.807, 2.05) is 31.2 Å². The number of amides is 1. The molecule has 4 rings (SSSR count). The quantitative estimate of drug-likeness (QED) is 0.843. The van der Waals surface area contributed by atoms with E-state index in [0.717, 1.165) is 17.1 Å². The number of hydrogen-bond acceptors (Lipinski definition) is 4. The van der Waals surface area contributed by atoms with E-state index in [-0.39, 0.29) is 17.2 Å². The van der Waals surface area contributed by atoms with Gasteiger partial charge in [-0.05, 0) is 43.3 Å². The highest BCUT2D eigenvalue weighted by atomic mass is 19.1. The maximum Gasteiger partial charge on any atom is 0.294 e. The van der Waals surface area contributed by atoms with Gasteiger partial charge in [0.1, 0.15) is 11.5 Å². The van der Waals surface area contributed by atoms with Crippen LogP contribution in [0.3, 0.4) is 0 Å². The van der Waals surface area contributed by atoms with Crippen molar-refractivity contribution < 1.29 is 14.7 Å². The Labute approximate surface area is 132 Å². The van der Waals surface area contributed by atoms with Crippen LogP contribution in [-0.4, -0.2) is 11.4 Å². The fourth-order valence-electron chi connectivity index (χ4n) is 2.70. The summed E-state index contributed by atoms with van der Waals surface area (Å²) < 4.78 is 13.1. The number of allylic oxidation sites excluding steroid dienone is 1. The van der Waals surface area contributed by atoms with E-state index in [0.29, 0.717) is 11.4 Å². The lowest BCUT2D eigenvalue weighted by Gasteiger charge is -2.28. The normalized spacial score (nSPS) is 15.8. The third kappa shape index (κ3) is 2.23. The number of fused-ring (bicyclic) bond motifs is 3. The van der Waals surface area contributed by atoms with E-state index in [1.165, 1.54) is 17.1 Å². The van der Waals surface area contributed by atoms with Crippen LogP contribution in [0.15, 0.2) is 59.9 Å². The molecule has 2 heterocycles. The van der Waals surface area contributed by atoms with Gasteiger partial charge in [-0.1, -0.05) is 12.1 Å². The van der Waals surface area contributed by atoms with Gasteiger partial charge in [-0.15, -0.1) is 5.53 Å². The fraction of sp³-hybridized carbons (Fsp3) is 0.0625. The van der Waals surface area contributed by atoms with Crippen LogP contribution in [0.2, 0.25) is 0 Å². The van der Waals surface area contributed by atoms with Crippen molar-refractivity contribution in [1.29, 1.82) is 0 Å². The van der Waals surface area contributed by atoms with Crippen molar-refractivity contribution >= 4 is 23.0 Å². The minimum Gasteiger partial charge on any atom is -0.412 e. The Bertz CT molecular complexity index is 804. The predicted molar refractivity (Wildman–Crippen MR) is 85.9 cm³/mol. The third-order valence-corrected chi connectivity index (χ3v) is 3.74. The van der Waals surface area contributed by atoms with Crippen molar-refractivity contribution in [3.05, 3.63) is 65.7 Å². The first-order valence-corrected chi connectivity index (χ1v) is 6.88. The maximum absolute atomic E-state index is 13.1. The van der Waals surface area contributed by atoms with Crippen molar-refractivity contribution in [2.45, 2.75) is 6.92 Å². The Kier molecular flexibility index (Phi) is 3.51. The molecule has 0 aliphatic carbocycles. The van der Waals surface area contributed by atoms with Crippen molar-refractivity contribution in [3.63, 3.8) is 0 Å². The number of hydrogen-bond donors (Lipinski definition) is 2. The Morgan fingerprint density at radius 3 is 2.43 bits per heavy atom. The number of hydrazine groups is 2. The number of anilines is 3. The lowest BCUT2D eigenvalue weighted by atomic mass is 10.1. The summed E-state index contributed by atoms with van der Waals surface area (Å²) in [5.74, 6) is -0.526. The lowest BCUT2D eigenvalue weighted by molar-refractivity contribution is -0.114. The largest absolute Gasteiger partial charge is 0.412 e. The molecule has 1 amide bonds. The molecule has 0 unspecified atom stereocenters. The van der Waals surface area contributed by atoms with Crippen LogP contribution >= 0.6 is 0 Å². The summed E-state index contributed by atoms with van der Waals surface area (Å²) in [7, 11) is 0. The molecule has 1 saturated heterocycles. The molecule has 4 N–H and O–H groups in total. The van der Waals surface area contributed by atoms with Crippen LogP contribution in [0.1, 0.15) is 6.92 Å². The molecule has 0 aromatic heterocycles. The molecule has 0 spiro atoms. The minimum absolute atomic E-state index is 0. The van der Waals surface area contributed by atoms with Crippen LogP contribution in [0.4, 0.5) is 21.5 Å². The summed E-state index contributed by atoms with van der Waals surface area (Å²) in [6.45, 7) is 1.85. The Hall–Kier alpha value is -2.90. The number of rotatable bonds is 1. The fourth-order valence-corrected chi connectivity index (χ4v) is 2.70. The van der Waals surface area contributed by atoms with Crippen molar-refractivity contribution in [3.8, 4) is 0 Å². The third-order valence-electron chi connectivity index (χ3n) is 3.74. The topological polar surface area (TPSA) is 79.1 Å². The zero-order valence-corrected chi connectivity index (χ0v) is 12.3. The molecule has 2 aromatic rings. The first-order valence-electron chi connectivity index (χ1n) is 6.88. The highest BCUT2D eigenvalue weighted by Crippen LogP contribution is 2.37. The van der Waals surface area contributed by atoms with Gasteiger partial charge in [-0.25, -0.2) is 14.4 Å². The van der Waals surface area contributed by atoms with Gasteiger partial charge in [-0.3, -0.25) is 4.79 Å². The van der Waals surface area contributed by atoms with Gasteiger partial charge in [0, 0.05) is 5.70 Å². The average Bonchev–Trinajstić information content (AvgIpc) is 2.87. The Morgan fingerprint density at radius 1 is 1.00 bits per heavy atom. The molecule has 0 atom stereocenters. The van der Waals surface area contributed by atoms with Crippen LogP contribution in [0.25, 0.3) is 0 Å². The highest BCUT2D eigenvalue weighted by molar-refractivity contribution is 6.12. The number of carbonyl (C=O) groups is 1. The lowest BCUT2D eigenvalue weighted by Crippen LogP contribution is -2.41. The maximum atomic E-state index is 13.1. The van der Waals surface area contributed by atoms with E-state index >= 15 is 0 Å². The predicted octanol–water partition coefficient (Wildman–Crippen LogP) is 1.93. The number of para-hydroxylation sites is 2. The molecule has 2 aliphatic rings. The molecular formula is C16H15FN4O2. The van der Waals surface area contributed by atoms with Gasteiger partial charge in [0.15, 0.2) is 0 Å². The van der Waals surface area contributed by atoms with E-state index in [9.17, 15) is 9.18 Å². The van der Waals surface area contributed by atoms with Gasteiger partial charge in [0.25, 0.3) is 5.91 Å². The molecule has 7 heteroatoms. The molecule has 2 aliphatic heterocycles. The number of carbonyl (C=O) groups excluding carboxylic acids is 1. The first kappa shape index (κ1) is 15.0. The van der Waals surface area contributed by atoms with Gasteiger partial charge < -0.3 is 10.8 Å². The van der Waals surface area contributed by atoms with Crippen LogP contribution in [0.5, 0.6) is 0 Å². The average molecular weight is 314 g/mol. The number of nitrogens with zero attached hydrogens (tertiary/aromatic N) is 2.